The third kappa shape index (κ3) is 1.80. The number of nitrogens with one attached hydrogen (secondary N) is 1. The van der Waals surface area contributed by atoms with Crippen LogP contribution in [-0.2, 0) is 6.42 Å². The molecule has 0 aliphatic carbocycles. The van der Waals surface area contributed by atoms with E-state index in [1.54, 1.807) is 13.1 Å². The van der Waals surface area contributed by atoms with Crippen LogP contribution in [0.1, 0.15) is 12.5 Å². The fourth-order valence-corrected chi connectivity index (χ4v) is 1.67. The minimum atomic E-state index is -0.595. The maximum Gasteiger partial charge on any atom is 0.172 e. The van der Waals surface area contributed by atoms with Crippen molar-refractivity contribution in [2.24, 2.45) is 0 Å². The molecule has 1 aromatic heterocycles. The molecule has 0 bridgehead atoms. The zero-order valence-corrected chi connectivity index (χ0v) is 9.18. The van der Waals surface area contributed by atoms with Crippen molar-refractivity contribution in [1.82, 2.24) is 5.32 Å². The van der Waals surface area contributed by atoms with E-state index in [0.29, 0.717) is 11.8 Å². The van der Waals surface area contributed by atoms with Gasteiger partial charge in [0.15, 0.2) is 11.4 Å². The highest BCUT2D eigenvalue weighted by Gasteiger charge is 2.17. The minimum Gasteiger partial charge on any atom is -0.461 e. The van der Waals surface area contributed by atoms with E-state index in [9.17, 15) is 8.78 Å². The standard InChI is InChI=1S/C12H13F2NO/c1-7(15-2)5-9-10(13)6-8-3-4-16-12(8)11(9)14/h3-4,6-7,15H,5H2,1-2H3. The van der Waals surface area contributed by atoms with Gasteiger partial charge in [-0.2, -0.15) is 0 Å². The number of fused-ring (bicyclic) bond motifs is 1. The summed E-state index contributed by atoms with van der Waals surface area (Å²) in [5.41, 5.74) is 0.198. The maximum absolute atomic E-state index is 13.9. The molecule has 86 valence electrons. The molecule has 1 unspecified atom stereocenters. The summed E-state index contributed by atoms with van der Waals surface area (Å²) in [6.45, 7) is 1.87. The van der Waals surface area contributed by atoms with E-state index < -0.39 is 11.6 Å². The number of likely N-dealkylation sites (N-methyl/N-ethyl adjacent to an activating group) is 1. The predicted octanol–water partition coefficient (Wildman–Crippen LogP) is 2.86. The first-order valence-electron chi connectivity index (χ1n) is 5.14. The van der Waals surface area contributed by atoms with Gasteiger partial charge in [0.1, 0.15) is 5.82 Å². The van der Waals surface area contributed by atoms with Gasteiger partial charge in [-0.25, -0.2) is 8.78 Å². The molecular weight excluding hydrogens is 212 g/mol. The minimum absolute atomic E-state index is 0.0106. The SMILES string of the molecule is CNC(C)Cc1c(F)cc2ccoc2c1F. The second-order valence-corrected chi connectivity index (χ2v) is 3.88. The topological polar surface area (TPSA) is 25.2 Å². The summed E-state index contributed by atoms with van der Waals surface area (Å²) in [6, 6.07) is 2.86. The summed E-state index contributed by atoms with van der Waals surface area (Å²) >= 11 is 0. The molecule has 0 amide bonds. The highest BCUT2D eigenvalue weighted by atomic mass is 19.1. The summed E-state index contributed by atoms with van der Waals surface area (Å²) in [5.74, 6) is -1.12. The average molecular weight is 225 g/mol. The van der Waals surface area contributed by atoms with E-state index in [1.165, 1.54) is 12.3 Å². The van der Waals surface area contributed by atoms with Gasteiger partial charge in [-0.05, 0) is 32.5 Å². The van der Waals surface area contributed by atoms with Gasteiger partial charge in [-0.1, -0.05) is 0 Å². The third-order valence-electron chi connectivity index (χ3n) is 2.73. The first kappa shape index (κ1) is 11.1. The Kier molecular flexibility index (Phi) is 2.92. The lowest BCUT2D eigenvalue weighted by molar-refractivity contribution is 0.509. The summed E-state index contributed by atoms with van der Waals surface area (Å²) in [7, 11) is 1.76. The Morgan fingerprint density at radius 2 is 2.19 bits per heavy atom. The van der Waals surface area contributed by atoms with Crippen LogP contribution in [0, 0.1) is 11.6 Å². The Morgan fingerprint density at radius 3 is 2.88 bits per heavy atom. The molecule has 0 saturated heterocycles. The number of halogens is 2. The lowest BCUT2D eigenvalue weighted by Crippen LogP contribution is -2.24. The van der Waals surface area contributed by atoms with Crippen LogP contribution in [0.4, 0.5) is 8.78 Å². The van der Waals surface area contributed by atoms with Crippen LogP contribution >= 0.6 is 0 Å². The Morgan fingerprint density at radius 1 is 1.44 bits per heavy atom. The van der Waals surface area contributed by atoms with Crippen molar-refractivity contribution in [2.75, 3.05) is 7.05 Å². The molecule has 0 aliphatic rings. The summed E-state index contributed by atoms with van der Waals surface area (Å²) in [6.07, 6.45) is 1.66. The van der Waals surface area contributed by atoms with Gasteiger partial charge in [-0.15, -0.1) is 0 Å². The lowest BCUT2D eigenvalue weighted by Gasteiger charge is -2.11. The van der Waals surface area contributed by atoms with Crippen molar-refractivity contribution in [3.05, 3.63) is 35.6 Å². The molecule has 2 rings (SSSR count). The third-order valence-corrected chi connectivity index (χ3v) is 2.73. The smallest absolute Gasteiger partial charge is 0.172 e. The fourth-order valence-electron chi connectivity index (χ4n) is 1.67. The van der Waals surface area contributed by atoms with Crippen LogP contribution < -0.4 is 5.32 Å². The van der Waals surface area contributed by atoms with E-state index in [4.69, 9.17) is 4.42 Å². The van der Waals surface area contributed by atoms with E-state index in [-0.39, 0.29) is 17.2 Å². The quantitative estimate of drug-likeness (QED) is 0.868. The average Bonchev–Trinajstić information content (AvgIpc) is 2.71. The summed E-state index contributed by atoms with van der Waals surface area (Å²) in [5, 5.41) is 3.40. The van der Waals surface area contributed by atoms with Gasteiger partial charge in [-0.3, -0.25) is 0 Å². The molecule has 1 atom stereocenters. The summed E-state index contributed by atoms with van der Waals surface area (Å²) in [4.78, 5) is 0. The van der Waals surface area contributed by atoms with Gasteiger partial charge >= 0.3 is 0 Å². The fraction of sp³-hybridized carbons (Fsp3) is 0.333. The van der Waals surface area contributed by atoms with Crippen molar-refractivity contribution < 1.29 is 13.2 Å². The molecule has 0 radical (unpaired) electrons. The van der Waals surface area contributed by atoms with E-state index in [1.807, 2.05) is 6.92 Å². The first-order chi connectivity index (χ1) is 7.63. The Hall–Kier alpha value is -1.42. The monoisotopic (exact) mass is 225 g/mol. The largest absolute Gasteiger partial charge is 0.461 e. The predicted molar refractivity (Wildman–Crippen MR) is 58.4 cm³/mol. The molecule has 1 heterocycles. The number of rotatable bonds is 3. The highest BCUT2D eigenvalue weighted by molar-refractivity contribution is 5.78. The van der Waals surface area contributed by atoms with Crippen molar-refractivity contribution in [3.8, 4) is 0 Å². The molecule has 1 N–H and O–H groups in total. The van der Waals surface area contributed by atoms with Crippen LogP contribution in [0.3, 0.4) is 0 Å². The van der Waals surface area contributed by atoms with Gasteiger partial charge in [0.2, 0.25) is 0 Å². The van der Waals surface area contributed by atoms with Gasteiger partial charge in [0.05, 0.1) is 6.26 Å². The molecule has 16 heavy (non-hydrogen) atoms. The molecule has 2 aromatic rings. The lowest BCUT2D eigenvalue weighted by atomic mass is 10.0. The summed E-state index contributed by atoms with van der Waals surface area (Å²) < 4.78 is 32.5. The van der Waals surface area contributed by atoms with Crippen molar-refractivity contribution in [1.29, 1.82) is 0 Å². The van der Waals surface area contributed by atoms with E-state index in [0.717, 1.165) is 0 Å². The molecule has 0 fully saturated rings. The van der Waals surface area contributed by atoms with Crippen molar-refractivity contribution in [2.45, 2.75) is 19.4 Å². The number of benzene rings is 1. The number of hydrogen-bond donors (Lipinski definition) is 1. The Bertz CT molecular complexity index is 507. The van der Waals surface area contributed by atoms with Crippen LogP contribution in [-0.4, -0.2) is 13.1 Å². The van der Waals surface area contributed by atoms with Crippen molar-refractivity contribution in [3.63, 3.8) is 0 Å². The van der Waals surface area contributed by atoms with Crippen molar-refractivity contribution >= 4 is 11.0 Å². The Balaban J connectivity index is 2.50. The maximum atomic E-state index is 13.9. The molecule has 0 aliphatic heterocycles. The molecule has 0 spiro atoms. The molecule has 0 saturated carbocycles. The molecule has 4 heteroatoms. The zero-order chi connectivity index (χ0) is 11.7. The Labute approximate surface area is 92.2 Å². The van der Waals surface area contributed by atoms with Crippen LogP contribution in [0.25, 0.3) is 11.0 Å². The molecule has 2 nitrogen and oxygen atoms in total. The van der Waals surface area contributed by atoms with Gasteiger partial charge in [0, 0.05) is 17.0 Å². The van der Waals surface area contributed by atoms with Crippen LogP contribution in [0.2, 0.25) is 0 Å². The van der Waals surface area contributed by atoms with E-state index in [2.05, 4.69) is 5.32 Å². The molecular formula is C12H13F2NO. The van der Waals surface area contributed by atoms with Crippen LogP contribution in [0.5, 0.6) is 0 Å². The van der Waals surface area contributed by atoms with Gasteiger partial charge < -0.3 is 9.73 Å². The normalized spacial score (nSPS) is 13.2. The van der Waals surface area contributed by atoms with E-state index >= 15 is 0 Å². The second kappa shape index (κ2) is 4.22. The zero-order valence-electron chi connectivity index (χ0n) is 9.18. The number of hydrogen-bond acceptors (Lipinski definition) is 2. The van der Waals surface area contributed by atoms with Crippen LogP contribution in [0.15, 0.2) is 22.8 Å². The highest BCUT2D eigenvalue weighted by Crippen LogP contribution is 2.25. The number of furan rings is 1. The second-order valence-electron chi connectivity index (χ2n) is 3.88. The molecule has 1 aromatic carbocycles. The van der Waals surface area contributed by atoms with Gasteiger partial charge in [0.25, 0.3) is 0 Å². The first-order valence-corrected chi connectivity index (χ1v) is 5.14.